The standard InChI is InChI=1S/C8H8O4S.C4H12N/c1-7(9)12-13(10,11)8-5-3-2-4-6-8;1-5(2,3)4/h2-6H,1H3;1-4H3/q;+1. The Hall–Kier alpha value is -1.40. The number of hydrogen-bond donors (Lipinski definition) is 0. The first-order valence-electron chi connectivity index (χ1n) is 5.31. The van der Waals surface area contributed by atoms with E-state index in [1.165, 1.54) is 12.1 Å². The molecule has 0 bridgehead atoms. The molecule has 0 amide bonds. The van der Waals surface area contributed by atoms with Crippen LogP contribution in [0.3, 0.4) is 0 Å². The zero-order valence-corrected chi connectivity index (χ0v) is 12.2. The number of nitrogens with zero attached hydrogens (tertiary/aromatic N) is 1. The topological polar surface area (TPSA) is 60.4 Å². The number of hydrogen-bond acceptors (Lipinski definition) is 4. The van der Waals surface area contributed by atoms with Crippen LogP contribution in [0.5, 0.6) is 0 Å². The fourth-order valence-corrected chi connectivity index (χ4v) is 1.69. The molecule has 0 saturated heterocycles. The highest BCUT2D eigenvalue weighted by Gasteiger charge is 2.16. The average molecular weight is 274 g/mol. The number of rotatable bonds is 2. The van der Waals surface area contributed by atoms with Gasteiger partial charge in [-0.15, -0.1) is 0 Å². The fourth-order valence-electron chi connectivity index (χ4n) is 0.790. The largest absolute Gasteiger partial charge is 0.343 e. The summed E-state index contributed by atoms with van der Waals surface area (Å²) in [5, 5.41) is 0. The molecule has 0 aliphatic heterocycles. The Morgan fingerprint density at radius 2 is 1.44 bits per heavy atom. The van der Waals surface area contributed by atoms with Crippen molar-refractivity contribution in [3.05, 3.63) is 30.3 Å². The zero-order valence-electron chi connectivity index (χ0n) is 11.4. The van der Waals surface area contributed by atoms with Gasteiger partial charge >= 0.3 is 16.1 Å². The summed E-state index contributed by atoms with van der Waals surface area (Å²) < 4.78 is 27.6. The normalized spacial score (nSPS) is 11.2. The summed E-state index contributed by atoms with van der Waals surface area (Å²) in [6.45, 7) is 1.04. The van der Waals surface area contributed by atoms with Gasteiger partial charge in [-0.05, 0) is 12.1 Å². The molecule has 0 saturated carbocycles. The van der Waals surface area contributed by atoms with Crippen LogP contribution in [0.4, 0.5) is 0 Å². The van der Waals surface area contributed by atoms with Crippen molar-refractivity contribution in [2.45, 2.75) is 11.8 Å². The Morgan fingerprint density at radius 3 is 1.78 bits per heavy atom. The van der Waals surface area contributed by atoms with Gasteiger partial charge in [0.15, 0.2) is 0 Å². The maximum atomic E-state index is 11.2. The molecule has 0 radical (unpaired) electrons. The van der Waals surface area contributed by atoms with Gasteiger partial charge in [0.25, 0.3) is 0 Å². The van der Waals surface area contributed by atoms with Gasteiger partial charge in [-0.25, -0.2) is 0 Å². The maximum Gasteiger partial charge on any atom is 0.341 e. The molecule has 0 aromatic heterocycles. The maximum absolute atomic E-state index is 11.2. The SMILES string of the molecule is CC(=O)OS(=O)(=O)c1ccccc1.C[N+](C)(C)C. The third-order valence-corrected chi connectivity index (χ3v) is 2.56. The van der Waals surface area contributed by atoms with Crippen LogP contribution in [0.2, 0.25) is 0 Å². The molecule has 6 heteroatoms. The third kappa shape index (κ3) is 8.72. The molecule has 102 valence electrons. The first kappa shape index (κ1) is 16.6. The molecule has 0 fully saturated rings. The molecule has 0 aliphatic rings. The molecule has 0 unspecified atom stereocenters. The van der Waals surface area contributed by atoms with Crippen molar-refractivity contribution in [1.29, 1.82) is 0 Å². The van der Waals surface area contributed by atoms with Crippen LogP contribution >= 0.6 is 0 Å². The first-order valence-corrected chi connectivity index (χ1v) is 6.72. The summed E-state index contributed by atoms with van der Waals surface area (Å²) in [5.41, 5.74) is 0. The summed E-state index contributed by atoms with van der Waals surface area (Å²) >= 11 is 0. The lowest BCUT2D eigenvalue weighted by Gasteiger charge is -2.14. The lowest BCUT2D eigenvalue weighted by Crippen LogP contribution is -2.27. The van der Waals surface area contributed by atoms with E-state index in [1.807, 2.05) is 0 Å². The molecule has 5 nitrogen and oxygen atoms in total. The molecule has 0 atom stereocenters. The molecule has 0 heterocycles. The van der Waals surface area contributed by atoms with Crippen LogP contribution in [0, 0.1) is 0 Å². The van der Waals surface area contributed by atoms with Crippen LogP contribution in [0.25, 0.3) is 0 Å². The Bertz CT molecular complexity index is 469. The van der Waals surface area contributed by atoms with Crippen LogP contribution < -0.4 is 0 Å². The second-order valence-electron chi connectivity index (χ2n) is 5.03. The van der Waals surface area contributed by atoms with Crippen molar-refractivity contribution < 1.29 is 21.9 Å². The minimum atomic E-state index is -3.91. The van der Waals surface area contributed by atoms with E-state index in [0.29, 0.717) is 0 Å². The minimum Gasteiger partial charge on any atom is -0.343 e. The van der Waals surface area contributed by atoms with Crippen molar-refractivity contribution in [2.75, 3.05) is 28.2 Å². The Balaban J connectivity index is 0.000000494. The molecule has 1 aromatic carbocycles. The van der Waals surface area contributed by atoms with Gasteiger partial charge < -0.3 is 8.67 Å². The lowest BCUT2D eigenvalue weighted by atomic mass is 10.4. The quantitative estimate of drug-likeness (QED) is 0.602. The number of carbonyl (C=O) groups is 1. The van der Waals surface area contributed by atoms with Gasteiger partial charge in [-0.1, -0.05) is 18.2 Å². The van der Waals surface area contributed by atoms with Crippen molar-refractivity contribution in [3.8, 4) is 0 Å². The smallest absolute Gasteiger partial charge is 0.341 e. The monoisotopic (exact) mass is 274 g/mol. The highest BCUT2D eigenvalue weighted by molar-refractivity contribution is 7.87. The van der Waals surface area contributed by atoms with Crippen molar-refractivity contribution in [3.63, 3.8) is 0 Å². The van der Waals surface area contributed by atoms with Gasteiger partial charge in [0.2, 0.25) is 0 Å². The summed E-state index contributed by atoms with van der Waals surface area (Å²) in [6.07, 6.45) is 0. The van der Waals surface area contributed by atoms with Crippen LogP contribution in [0.15, 0.2) is 35.2 Å². The second kappa shape index (κ2) is 6.51. The summed E-state index contributed by atoms with van der Waals surface area (Å²) in [7, 11) is 4.59. The van der Waals surface area contributed by atoms with Gasteiger partial charge in [0.05, 0.1) is 28.2 Å². The second-order valence-corrected chi connectivity index (χ2v) is 6.57. The van der Waals surface area contributed by atoms with Gasteiger partial charge in [0, 0.05) is 6.92 Å². The molecule has 1 aromatic rings. The number of carbonyl (C=O) groups excluding carboxylic acids is 1. The van der Waals surface area contributed by atoms with E-state index in [1.54, 1.807) is 18.2 Å². The molecular formula is C12H20NO4S+. The van der Waals surface area contributed by atoms with E-state index in [-0.39, 0.29) is 4.90 Å². The van der Waals surface area contributed by atoms with E-state index >= 15 is 0 Å². The van der Waals surface area contributed by atoms with Gasteiger partial charge in [0.1, 0.15) is 4.90 Å². The van der Waals surface area contributed by atoms with E-state index in [0.717, 1.165) is 11.4 Å². The predicted molar refractivity (Wildman–Crippen MR) is 69.4 cm³/mol. The van der Waals surface area contributed by atoms with Gasteiger partial charge in [-0.2, -0.15) is 8.42 Å². The van der Waals surface area contributed by atoms with E-state index in [2.05, 4.69) is 32.4 Å². The molecule has 18 heavy (non-hydrogen) atoms. The average Bonchev–Trinajstić information content (AvgIpc) is 2.14. The molecule has 1 rings (SSSR count). The Kier molecular flexibility index (Phi) is 6.00. The highest BCUT2D eigenvalue weighted by Crippen LogP contribution is 2.10. The van der Waals surface area contributed by atoms with Crippen LogP contribution in [-0.2, 0) is 19.1 Å². The van der Waals surface area contributed by atoms with Crippen LogP contribution in [0.1, 0.15) is 6.92 Å². The molecule has 0 aliphatic carbocycles. The summed E-state index contributed by atoms with van der Waals surface area (Å²) in [4.78, 5) is 10.4. The lowest BCUT2D eigenvalue weighted by molar-refractivity contribution is -0.849. The fraction of sp³-hybridized carbons (Fsp3) is 0.417. The van der Waals surface area contributed by atoms with E-state index < -0.39 is 16.1 Å². The Morgan fingerprint density at radius 1 is 1.06 bits per heavy atom. The molecular weight excluding hydrogens is 254 g/mol. The van der Waals surface area contributed by atoms with E-state index in [9.17, 15) is 13.2 Å². The minimum absolute atomic E-state index is 0.0230. The first-order chi connectivity index (χ1) is 8.02. The summed E-state index contributed by atoms with van der Waals surface area (Å²) in [6, 6.07) is 7.50. The van der Waals surface area contributed by atoms with Crippen molar-refractivity contribution >= 4 is 16.1 Å². The van der Waals surface area contributed by atoms with Crippen molar-refractivity contribution in [1.82, 2.24) is 0 Å². The summed E-state index contributed by atoms with van der Waals surface area (Å²) in [5.74, 6) is -0.844. The Labute approximate surface area is 109 Å². The predicted octanol–water partition coefficient (Wildman–Crippen LogP) is 1.26. The zero-order chi connectivity index (χ0) is 14.4. The number of quaternary nitrogens is 1. The van der Waals surface area contributed by atoms with E-state index in [4.69, 9.17) is 0 Å². The third-order valence-electron chi connectivity index (χ3n) is 1.26. The molecule has 0 N–H and O–H groups in total. The molecule has 0 spiro atoms. The highest BCUT2D eigenvalue weighted by atomic mass is 32.2. The van der Waals surface area contributed by atoms with Crippen LogP contribution in [-0.4, -0.2) is 47.1 Å². The van der Waals surface area contributed by atoms with Crippen molar-refractivity contribution in [2.24, 2.45) is 0 Å². The number of benzene rings is 1. The van der Waals surface area contributed by atoms with Gasteiger partial charge in [-0.3, -0.25) is 4.79 Å².